The van der Waals surface area contributed by atoms with Crippen LogP contribution in [0.5, 0.6) is 5.75 Å². The largest absolute Gasteiger partial charge is 0.482 e. The molecule has 28 heavy (non-hydrogen) atoms. The average Bonchev–Trinajstić information content (AvgIpc) is 2.74. The first-order valence-electron chi connectivity index (χ1n) is 9.37. The van der Waals surface area contributed by atoms with Gasteiger partial charge >= 0.3 is 5.97 Å². The number of aliphatic carboxylic acids is 1. The van der Waals surface area contributed by atoms with Gasteiger partial charge in [-0.2, -0.15) is 0 Å². The molecule has 0 unspecified atom stereocenters. The molecule has 0 aliphatic heterocycles. The van der Waals surface area contributed by atoms with E-state index in [-0.39, 0.29) is 12.7 Å². The van der Waals surface area contributed by atoms with E-state index in [1.165, 1.54) is 0 Å². The highest BCUT2D eigenvalue weighted by Crippen LogP contribution is 2.26. The number of hydrogen-bond acceptors (Lipinski definition) is 3. The van der Waals surface area contributed by atoms with Gasteiger partial charge in [-0.15, -0.1) is 0 Å². The van der Waals surface area contributed by atoms with Crippen molar-refractivity contribution in [3.8, 4) is 5.75 Å². The Kier molecular flexibility index (Phi) is 7.21. The van der Waals surface area contributed by atoms with E-state index in [0.29, 0.717) is 12.4 Å². The van der Waals surface area contributed by atoms with Crippen LogP contribution in [0.1, 0.15) is 29.2 Å². The van der Waals surface area contributed by atoms with Gasteiger partial charge in [0, 0.05) is 6.61 Å². The minimum atomic E-state index is -0.980. The van der Waals surface area contributed by atoms with Crippen LogP contribution in [0.15, 0.2) is 84.9 Å². The van der Waals surface area contributed by atoms with Gasteiger partial charge in [-0.25, -0.2) is 4.79 Å². The summed E-state index contributed by atoms with van der Waals surface area (Å²) < 4.78 is 11.5. The zero-order chi connectivity index (χ0) is 19.6. The summed E-state index contributed by atoms with van der Waals surface area (Å²) in [7, 11) is 0. The molecule has 0 bridgehead atoms. The fourth-order valence-corrected chi connectivity index (χ4v) is 3.05. The monoisotopic (exact) mass is 376 g/mol. The van der Waals surface area contributed by atoms with Gasteiger partial charge in [-0.05, 0) is 41.7 Å². The Morgan fingerprint density at radius 2 is 1.50 bits per heavy atom. The summed E-state index contributed by atoms with van der Waals surface area (Å²) in [6.07, 6.45) is 1.60. The van der Waals surface area contributed by atoms with Gasteiger partial charge in [-0.1, -0.05) is 72.8 Å². The first-order valence-corrected chi connectivity index (χ1v) is 9.37. The number of benzene rings is 3. The number of carboxylic acids is 1. The van der Waals surface area contributed by atoms with Crippen LogP contribution in [0.2, 0.25) is 0 Å². The second kappa shape index (κ2) is 10.3. The Morgan fingerprint density at radius 1 is 0.857 bits per heavy atom. The first-order chi connectivity index (χ1) is 13.7. The summed E-state index contributed by atoms with van der Waals surface area (Å²) in [5, 5.41) is 8.72. The first kappa shape index (κ1) is 19.6. The highest BCUT2D eigenvalue weighted by molar-refractivity contribution is 5.68. The molecule has 0 heterocycles. The smallest absolute Gasteiger partial charge is 0.341 e. The minimum absolute atomic E-state index is 0.0902. The molecule has 0 aliphatic rings. The molecule has 3 aromatic rings. The number of rotatable bonds is 10. The van der Waals surface area contributed by atoms with Gasteiger partial charge in [-0.3, -0.25) is 0 Å². The lowest BCUT2D eigenvalue weighted by molar-refractivity contribution is -0.139. The Balaban J connectivity index is 1.56. The van der Waals surface area contributed by atoms with Crippen LogP contribution in [0, 0.1) is 0 Å². The van der Waals surface area contributed by atoms with Crippen LogP contribution < -0.4 is 4.74 Å². The molecule has 4 heteroatoms. The summed E-state index contributed by atoms with van der Waals surface area (Å²) in [4.78, 5) is 10.6. The predicted molar refractivity (Wildman–Crippen MR) is 109 cm³/mol. The highest BCUT2D eigenvalue weighted by Gasteiger charge is 2.14. The summed E-state index contributed by atoms with van der Waals surface area (Å²) in [5.74, 6) is -0.404. The molecule has 0 spiro atoms. The lowest BCUT2D eigenvalue weighted by Crippen LogP contribution is -2.09. The molecule has 144 valence electrons. The summed E-state index contributed by atoms with van der Waals surface area (Å²) in [6, 6.07) is 28.0. The van der Waals surface area contributed by atoms with E-state index in [2.05, 4.69) is 24.3 Å². The van der Waals surface area contributed by atoms with Crippen molar-refractivity contribution in [2.24, 2.45) is 0 Å². The SMILES string of the molecule is O=C(O)COc1cccc(CCCOC(c2ccccc2)c2ccccc2)c1. The average molecular weight is 376 g/mol. The second-order valence-corrected chi connectivity index (χ2v) is 6.51. The number of ether oxygens (including phenoxy) is 2. The molecule has 0 aromatic heterocycles. The van der Waals surface area contributed by atoms with Gasteiger partial charge in [0.15, 0.2) is 6.61 Å². The molecule has 3 aromatic carbocycles. The molecule has 0 fully saturated rings. The standard InChI is InChI=1S/C24H24O4/c25-23(26)18-28-22-15-7-9-19(17-22)10-8-16-27-24(20-11-3-1-4-12-20)21-13-5-2-6-14-21/h1-7,9,11-15,17,24H,8,10,16,18H2,(H,25,26). The van der Waals surface area contributed by atoms with E-state index in [1.807, 2.05) is 54.6 Å². The quantitative estimate of drug-likeness (QED) is 0.512. The maximum absolute atomic E-state index is 10.6. The fraction of sp³-hybridized carbons (Fsp3) is 0.208. The summed E-state index contributed by atoms with van der Waals surface area (Å²) in [5.41, 5.74) is 3.37. The highest BCUT2D eigenvalue weighted by atomic mass is 16.5. The van der Waals surface area contributed by atoms with Crippen molar-refractivity contribution < 1.29 is 19.4 Å². The van der Waals surface area contributed by atoms with Crippen LogP contribution in [-0.2, 0) is 16.0 Å². The van der Waals surface area contributed by atoms with Crippen molar-refractivity contribution in [1.82, 2.24) is 0 Å². The molecule has 0 saturated heterocycles. The Hall–Kier alpha value is -3.11. The third-order valence-electron chi connectivity index (χ3n) is 4.36. The zero-order valence-electron chi connectivity index (χ0n) is 15.7. The van der Waals surface area contributed by atoms with Gasteiger partial charge < -0.3 is 14.6 Å². The maximum atomic E-state index is 10.6. The van der Waals surface area contributed by atoms with E-state index in [1.54, 1.807) is 6.07 Å². The summed E-state index contributed by atoms with van der Waals surface area (Å²) >= 11 is 0. The van der Waals surface area contributed by atoms with Crippen molar-refractivity contribution in [3.05, 3.63) is 102 Å². The van der Waals surface area contributed by atoms with Crippen LogP contribution in [0.25, 0.3) is 0 Å². The topological polar surface area (TPSA) is 55.8 Å². The molecular formula is C24H24O4. The van der Waals surface area contributed by atoms with Crippen LogP contribution in [-0.4, -0.2) is 24.3 Å². The fourth-order valence-electron chi connectivity index (χ4n) is 3.05. The van der Waals surface area contributed by atoms with E-state index in [0.717, 1.165) is 29.5 Å². The Labute approximate surface area is 165 Å². The molecular weight excluding hydrogens is 352 g/mol. The van der Waals surface area contributed by atoms with Crippen molar-refractivity contribution in [3.63, 3.8) is 0 Å². The van der Waals surface area contributed by atoms with Crippen molar-refractivity contribution in [2.75, 3.05) is 13.2 Å². The normalized spacial score (nSPS) is 10.8. The number of aryl methyl sites for hydroxylation is 1. The molecule has 0 atom stereocenters. The molecule has 0 amide bonds. The Morgan fingerprint density at radius 3 is 2.11 bits per heavy atom. The van der Waals surface area contributed by atoms with Crippen LogP contribution >= 0.6 is 0 Å². The third-order valence-corrected chi connectivity index (χ3v) is 4.36. The van der Waals surface area contributed by atoms with E-state index in [4.69, 9.17) is 14.6 Å². The van der Waals surface area contributed by atoms with Crippen LogP contribution in [0.3, 0.4) is 0 Å². The second-order valence-electron chi connectivity index (χ2n) is 6.51. The molecule has 1 N–H and O–H groups in total. The molecule has 3 rings (SSSR count). The zero-order valence-corrected chi connectivity index (χ0v) is 15.7. The lowest BCUT2D eigenvalue weighted by Gasteiger charge is -2.19. The van der Waals surface area contributed by atoms with E-state index in [9.17, 15) is 4.79 Å². The molecule has 0 radical (unpaired) electrons. The van der Waals surface area contributed by atoms with E-state index < -0.39 is 5.97 Å². The van der Waals surface area contributed by atoms with Gasteiger partial charge in [0.1, 0.15) is 11.9 Å². The summed E-state index contributed by atoms with van der Waals surface area (Å²) in [6.45, 7) is 0.289. The minimum Gasteiger partial charge on any atom is -0.482 e. The number of carboxylic acid groups (broad SMARTS) is 1. The van der Waals surface area contributed by atoms with Gasteiger partial charge in [0.2, 0.25) is 0 Å². The van der Waals surface area contributed by atoms with E-state index >= 15 is 0 Å². The van der Waals surface area contributed by atoms with Crippen molar-refractivity contribution >= 4 is 5.97 Å². The molecule has 4 nitrogen and oxygen atoms in total. The predicted octanol–water partition coefficient (Wildman–Crippen LogP) is 4.89. The maximum Gasteiger partial charge on any atom is 0.341 e. The molecule has 0 saturated carbocycles. The van der Waals surface area contributed by atoms with Crippen LogP contribution in [0.4, 0.5) is 0 Å². The van der Waals surface area contributed by atoms with Crippen molar-refractivity contribution in [2.45, 2.75) is 18.9 Å². The third kappa shape index (κ3) is 5.96. The number of hydrogen-bond donors (Lipinski definition) is 1. The van der Waals surface area contributed by atoms with Gasteiger partial charge in [0.25, 0.3) is 0 Å². The molecule has 0 aliphatic carbocycles. The lowest BCUT2D eigenvalue weighted by atomic mass is 10.0. The van der Waals surface area contributed by atoms with Gasteiger partial charge in [0.05, 0.1) is 0 Å². The van der Waals surface area contributed by atoms with Crippen molar-refractivity contribution in [1.29, 1.82) is 0 Å². The Bertz CT molecular complexity index is 823. The number of carbonyl (C=O) groups is 1.